The van der Waals surface area contributed by atoms with Crippen LogP contribution in [0.1, 0.15) is 38.5 Å². The van der Waals surface area contributed by atoms with Gasteiger partial charge in [0, 0.05) is 11.8 Å². The molecule has 0 aromatic rings. The molecule has 2 nitrogen and oxygen atoms in total. The van der Waals surface area contributed by atoms with Gasteiger partial charge in [-0.15, -0.1) is 11.6 Å². The monoisotopic (exact) mass is 201 g/mol. The zero-order chi connectivity index (χ0) is 9.31. The molecular formula is C10H16ClNO. The Morgan fingerprint density at radius 1 is 1.38 bits per heavy atom. The summed E-state index contributed by atoms with van der Waals surface area (Å²) in [6.07, 6.45) is 6.70. The second-order valence-electron chi connectivity index (χ2n) is 4.38. The summed E-state index contributed by atoms with van der Waals surface area (Å²) in [5.74, 6) is 1.11. The van der Waals surface area contributed by atoms with E-state index in [1.165, 1.54) is 12.8 Å². The van der Waals surface area contributed by atoms with Crippen molar-refractivity contribution in [2.75, 3.05) is 5.88 Å². The van der Waals surface area contributed by atoms with Crippen LogP contribution in [0.15, 0.2) is 0 Å². The van der Waals surface area contributed by atoms with Crippen molar-refractivity contribution in [2.24, 2.45) is 5.92 Å². The van der Waals surface area contributed by atoms with Gasteiger partial charge in [-0.25, -0.2) is 0 Å². The van der Waals surface area contributed by atoms with E-state index in [1.807, 2.05) is 0 Å². The zero-order valence-corrected chi connectivity index (χ0v) is 8.57. The van der Waals surface area contributed by atoms with Gasteiger partial charge in [0.05, 0.1) is 5.54 Å². The van der Waals surface area contributed by atoms with Gasteiger partial charge in [-0.05, 0) is 32.1 Å². The lowest BCUT2D eigenvalue weighted by molar-refractivity contribution is -0.130. The van der Waals surface area contributed by atoms with Crippen LogP contribution in [-0.2, 0) is 4.79 Å². The maximum absolute atomic E-state index is 11.6. The van der Waals surface area contributed by atoms with Crippen LogP contribution in [0.3, 0.4) is 0 Å². The van der Waals surface area contributed by atoms with E-state index in [4.69, 9.17) is 11.6 Å². The number of carbonyl (C=O) groups is 1. The molecule has 0 spiro atoms. The Balaban J connectivity index is 1.84. The summed E-state index contributed by atoms with van der Waals surface area (Å²) < 4.78 is 0. The topological polar surface area (TPSA) is 29.1 Å². The molecule has 0 heterocycles. The third-order valence-electron chi connectivity index (χ3n) is 3.43. The summed E-state index contributed by atoms with van der Waals surface area (Å²) in [4.78, 5) is 11.6. The Kier molecular flexibility index (Phi) is 2.50. The van der Waals surface area contributed by atoms with E-state index in [-0.39, 0.29) is 11.4 Å². The van der Waals surface area contributed by atoms with Crippen LogP contribution in [0.5, 0.6) is 0 Å². The van der Waals surface area contributed by atoms with Crippen molar-refractivity contribution < 1.29 is 4.79 Å². The van der Waals surface area contributed by atoms with Crippen molar-refractivity contribution in [3.05, 3.63) is 0 Å². The number of hydrogen-bond donors (Lipinski definition) is 1. The van der Waals surface area contributed by atoms with Gasteiger partial charge in [0.2, 0.25) is 5.91 Å². The third-order valence-corrected chi connectivity index (χ3v) is 3.94. The van der Waals surface area contributed by atoms with Crippen molar-refractivity contribution >= 4 is 17.5 Å². The average Bonchev–Trinajstić information content (AvgIpc) is 1.93. The molecule has 0 aromatic heterocycles. The Morgan fingerprint density at radius 2 is 2.08 bits per heavy atom. The molecule has 2 aliphatic carbocycles. The first kappa shape index (κ1) is 9.32. The summed E-state index contributed by atoms with van der Waals surface area (Å²) in [6, 6.07) is 0. The van der Waals surface area contributed by atoms with E-state index in [9.17, 15) is 4.79 Å². The van der Waals surface area contributed by atoms with Gasteiger partial charge < -0.3 is 5.32 Å². The van der Waals surface area contributed by atoms with Crippen molar-refractivity contribution in [2.45, 2.75) is 44.1 Å². The first-order chi connectivity index (χ1) is 6.26. The standard InChI is InChI=1S/C10H16ClNO/c11-7-10(5-2-6-10)12-9(13)8-3-1-4-8/h8H,1-7H2,(H,12,13). The fraction of sp³-hybridized carbons (Fsp3) is 0.900. The number of amides is 1. The zero-order valence-electron chi connectivity index (χ0n) is 7.81. The number of halogens is 1. The fourth-order valence-corrected chi connectivity index (χ4v) is 2.26. The number of alkyl halides is 1. The third kappa shape index (κ3) is 1.69. The molecule has 3 heteroatoms. The number of carbonyl (C=O) groups excluding carboxylic acids is 1. The fourth-order valence-electron chi connectivity index (χ4n) is 1.93. The quantitative estimate of drug-likeness (QED) is 0.696. The minimum atomic E-state index is -0.0335. The normalized spacial score (nSPS) is 25.9. The Morgan fingerprint density at radius 3 is 2.38 bits per heavy atom. The molecule has 0 radical (unpaired) electrons. The number of nitrogens with one attached hydrogen (secondary N) is 1. The summed E-state index contributed by atoms with van der Waals surface area (Å²) in [7, 11) is 0. The molecule has 0 aromatic carbocycles. The first-order valence-electron chi connectivity index (χ1n) is 5.14. The van der Waals surface area contributed by atoms with E-state index in [1.54, 1.807) is 0 Å². The lowest BCUT2D eigenvalue weighted by Gasteiger charge is -2.42. The van der Waals surface area contributed by atoms with E-state index in [0.29, 0.717) is 11.8 Å². The van der Waals surface area contributed by atoms with Gasteiger partial charge in [-0.2, -0.15) is 0 Å². The molecule has 0 aliphatic heterocycles. The molecule has 0 unspecified atom stereocenters. The number of rotatable bonds is 3. The summed E-state index contributed by atoms with van der Waals surface area (Å²) in [5, 5.41) is 3.11. The van der Waals surface area contributed by atoms with Crippen LogP contribution in [-0.4, -0.2) is 17.3 Å². The maximum Gasteiger partial charge on any atom is 0.223 e. The van der Waals surface area contributed by atoms with Crippen molar-refractivity contribution in [3.8, 4) is 0 Å². The predicted octanol–water partition coefficient (Wildman–Crippen LogP) is 2.06. The van der Waals surface area contributed by atoms with Crippen LogP contribution in [0.4, 0.5) is 0 Å². The minimum Gasteiger partial charge on any atom is -0.349 e. The first-order valence-corrected chi connectivity index (χ1v) is 5.67. The lowest BCUT2D eigenvalue weighted by Crippen LogP contribution is -2.57. The highest BCUT2D eigenvalue weighted by Gasteiger charge is 2.39. The van der Waals surface area contributed by atoms with Crippen LogP contribution >= 0.6 is 11.6 Å². The van der Waals surface area contributed by atoms with Crippen molar-refractivity contribution in [3.63, 3.8) is 0 Å². The second-order valence-corrected chi connectivity index (χ2v) is 4.65. The van der Waals surface area contributed by atoms with E-state index < -0.39 is 0 Å². The smallest absolute Gasteiger partial charge is 0.223 e. The SMILES string of the molecule is O=C(NC1(CCl)CCC1)C1CCC1. The Hall–Kier alpha value is -0.240. The molecule has 74 valence electrons. The Bertz CT molecular complexity index is 203. The highest BCUT2D eigenvalue weighted by Crippen LogP contribution is 2.34. The molecule has 1 amide bonds. The lowest BCUT2D eigenvalue weighted by atomic mass is 9.76. The molecular weight excluding hydrogens is 186 g/mol. The van der Waals surface area contributed by atoms with Crippen LogP contribution in [0, 0.1) is 5.92 Å². The molecule has 0 atom stereocenters. The van der Waals surface area contributed by atoms with Gasteiger partial charge in [0.15, 0.2) is 0 Å². The van der Waals surface area contributed by atoms with Gasteiger partial charge in [0.1, 0.15) is 0 Å². The van der Waals surface area contributed by atoms with E-state index in [0.717, 1.165) is 25.7 Å². The van der Waals surface area contributed by atoms with Gasteiger partial charge in [-0.3, -0.25) is 4.79 Å². The molecule has 2 saturated carbocycles. The highest BCUT2D eigenvalue weighted by atomic mass is 35.5. The highest BCUT2D eigenvalue weighted by molar-refractivity contribution is 6.18. The van der Waals surface area contributed by atoms with Crippen LogP contribution in [0.25, 0.3) is 0 Å². The minimum absolute atomic E-state index is 0.0335. The molecule has 1 N–H and O–H groups in total. The van der Waals surface area contributed by atoms with E-state index >= 15 is 0 Å². The van der Waals surface area contributed by atoms with Gasteiger partial charge in [-0.1, -0.05) is 6.42 Å². The Labute approximate surface area is 84.0 Å². The summed E-state index contributed by atoms with van der Waals surface area (Å²) in [6.45, 7) is 0. The van der Waals surface area contributed by atoms with Crippen molar-refractivity contribution in [1.29, 1.82) is 0 Å². The van der Waals surface area contributed by atoms with Gasteiger partial charge >= 0.3 is 0 Å². The van der Waals surface area contributed by atoms with Crippen molar-refractivity contribution in [1.82, 2.24) is 5.32 Å². The van der Waals surface area contributed by atoms with E-state index in [2.05, 4.69) is 5.32 Å². The molecule has 2 fully saturated rings. The summed E-state index contributed by atoms with van der Waals surface area (Å²) in [5.41, 5.74) is -0.0335. The molecule has 0 saturated heterocycles. The number of hydrogen-bond acceptors (Lipinski definition) is 1. The summed E-state index contributed by atoms with van der Waals surface area (Å²) >= 11 is 5.86. The molecule has 2 aliphatic rings. The van der Waals surface area contributed by atoms with Crippen LogP contribution < -0.4 is 5.32 Å². The molecule has 0 bridgehead atoms. The maximum atomic E-state index is 11.6. The van der Waals surface area contributed by atoms with Crippen LogP contribution in [0.2, 0.25) is 0 Å². The average molecular weight is 202 g/mol. The largest absolute Gasteiger partial charge is 0.349 e. The second kappa shape index (κ2) is 3.49. The van der Waals surface area contributed by atoms with Gasteiger partial charge in [0.25, 0.3) is 0 Å². The molecule has 13 heavy (non-hydrogen) atoms. The molecule has 2 rings (SSSR count). The predicted molar refractivity (Wildman–Crippen MR) is 52.8 cm³/mol.